The van der Waals surface area contributed by atoms with Crippen LogP contribution < -0.4 is 10.1 Å². The van der Waals surface area contributed by atoms with E-state index in [4.69, 9.17) is 16.3 Å². The van der Waals surface area contributed by atoms with Crippen LogP contribution in [0.15, 0.2) is 22.8 Å². The molecular weight excluding hydrogens is 278 g/mol. The number of ether oxygens (including phenoxy) is 1. The van der Waals surface area contributed by atoms with E-state index >= 15 is 0 Å². The molecule has 0 saturated heterocycles. The molecule has 6 heteroatoms. The zero-order valence-electron chi connectivity index (χ0n) is 11.2. The summed E-state index contributed by atoms with van der Waals surface area (Å²) in [5, 5.41) is 11.7. The first-order valence-corrected chi connectivity index (χ1v) is 7.03. The molecule has 0 radical (unpaired) electrons. The number of nitrogens with one attached hydrogen (secondary N) is 1. The summed E-state index contributed by atoms with van der Waals surface area (Å²) in [5.41, 5.74) is 2.51. The Balaban J connectivity index is 1.68. The molecule has 3 rings (SSSR count). The Kier molecular flexibility index (Phi) is 3.89. The van der Waals surface area contributed by atoms with E-state index in [0.717, 1.165) is 23.6 Å². The summed E-state index contributed by atoms with van der Waals surface area (Å²) >= 11 is 6.05. The second kappa shape index (κ2) is 5.81. The maximum atomic E-state index is 6.05. The highest BCUT2D eigenvalue weighted by Gasteiger charge is 2.20. The van der Waals surface area contributed by atoms with Crippen LogP contribution in [0, 0.1) is 6.92 Å². The van der Waals surface area contributed by atoms with E-state index in [2.05, 4.69) is 20.3 Å². The molecule has 1 saturated carbocycles. The predicted molar refractivity (Wildman–Crippen MR) is 74.7 cm³/mol. The van der Waals surface area contributed by atoms with Crippen molar-refractivity contribution in [3.8, 4) is 5.75 Å². The van der Waals surface area contributed by atoms with Gasteiger partial charge in [-0.3, -0.25) is 0 Å². The minimum atomic E-state index is 0.341. The minimum Gasteiger partial charge on any atom is -0.487 e. The molecule has 0 atom stereocenters. The zero-order valence-corrected chi connectivity index (χ0v) is 12.0. The van der Waals surface area contributed by atoms with Crippen molar-refractivity contribution in [2.24, 2.45) is 0 Å². The third kappa shape index (κ3) is 3.29. The van der Waals surface area contributed by atoms with Gasteiger partial charge in [-0.2, -0.15) is 0 Å². The number of aryl methyl sites for hydroxylation is 1. The smallest absolute Gasteiger partial charge is 0.145 e. The van der Waals surface area contributed by atoms with Crippen molar-refractivity contribution < 1.29 is 9.37 Å². The Morgan fingerprint density at radius 1 is 1.40 bits per heavy atom. The van der Waals surface area contributed by atoms with E-state index in [1.807, 2.05) is 25.1 Å². The van der Waals surface area contributed by atoms with Gasteiger partial charge in [0.15, 0.2) is 0 Å². The topological polar surface area (TPSA) is 60.2 Å². The summed E-state index contributed by atoms with van der Waals surface area (Å²) in [6, 6.07) is 6.28. The molecule has 1 heterocycles. The maximum absolute atomic E-state index is 6.05. The van der Waals surface area contributed by atoms with E-state index in [1.165, 1.54) is 12.8 Å². The average molecular weight is 294 g/mol. The Labute approximate surface area is 122 Å². The van der Waals surface area contributed by atoms with Gasteiger partial charge in [0.05, 0.1) is 0 Å². The van der Waals surface area contributed by atoms with Crippen molar-refractivity contribution in [1.82, 2.24) is 15.6 Å². The van der Waals surface area contributed by atoms with Gasteiger partial charge in [-0.05, 0) is 38.0 Å². The van der Waals surface area contributed by atoms with Gasteiger partial charge in [-0.1, -0.05) is 21.9 Å². The predicted octanol–water partition coefficient (Wildman–Crippen LogP) is 2.86. The number of nitrogens with zero attached hydrogens (tertiary/aromatic N) is 2. The van der Waals surface area contributed by atoms with Crippen LogP contribution in [0.2, 0.25) is 5.02 Å². The van der Waals surface area contributed by atoms with Crippen LogP contribution in [0.4, 0.5) is 0 Å². The third-order valence-electron chi connectivity index (χ3n) is 3.29. The fourth-order valence-electron chi connectivity index (χ4n) is 1.90. The van der Waals surface area contributed by atoms with Gasteiger partial charge in [0.2, 0.25) is 0 Å². The molecule has 5 nitrogen and oxygen atoms in total. The second-order valence-electron chi connectivity index (χ2n) is 4.99. The van der Waals surface area contributed by atoms with Crippen LogP contribution in [0.1, 0.15) is 29.8 Å². The van der Waals surface area contributed by atoms with Gasteiger partial charge < -0.3 is 10.1 Å². The molecule has 1 aliphatic carbocycles. The van der Waals surface area contributed by atoms with E-state index < -0.39 is 0 Å². The Bertz CT molecular complexity index is 596. The minimum absolute atomic E-state index is 0.341. The average Bonchev–Trinajstić information content (AvgIpc) is 3.18. The van der Waals surface area contributed by atoms with Gasteiger partial charge in [0, 0.05) is 23.2 Å². The number of aromatic nitrogens is 2. The molecule has 20 heavy (non-hydrogen) atoms. The molecule has 1 N–H and O–H groups in total. The molecule has 1 fully saturated rings. The second-order valence-corrected chi connectivity index (χ2v) is 5.43. The van der Waals surface area contributed by atoms with E-state index in [9.17, 15) is 0 Å². The highest BCUT2D eigenvalue weighted by molar-refractivity contribution is 6.30. The highest BCUT2D eigenvalue weighted by atomic mass is 35.5. The summed E-state index contributed by atoms with van der Waals surface area (Å²) in [7, 11) is 0. The summed E-state index contributed by atoms with van der Waals surface area (Å²) in [6.45, 7) is 2.94. The van der Waals surface area contributed by atoms with E-state index in [1.54, 1.807) is 0 Å². The number of benzene rings is 1. The molecule has 0 bridgehead atoms. The maximum Gasteiger partial charge on any atom is 0.145 e. The summed E-state index contributed by atoms with van der Waals surface area (Å²) in [4.78, 5) is 0. The first kappa shape index (κ1) is 13.4. The number of halogens is 1. The fourth-order valence-corrected chi connectivity index (χ4v) is 2.09. The van der Waals surface area contributed by atoms with Crippen molar-refractivity contribution in [2.75, 3.05) is 0 Å². The lowest BCUT2D eigenvalue weighted by Crippen LogP contribution is -2.16. The van der Waals surface area contributed by atoms with Crippen molar-refractivity contribution in [3.05, 3.63) is 40.2 Å². The SMILES string of the molecule is Cc1nonc1COc1ccc(Cl)cc1CNC1CC1. The lowest BCUT2D eigenvalue weighted by atomic mass is 10.2. The van der Waals surface area contributed by atoms with Gasteiger partial charge in [0.25, 0.3) is 0 Å². The molecular formula is C14H16ClN3O2. The molecule has 2 aromatic rings. The van der Waals surface area contributed by atoms with Crippen molar-refractivity contribution in [3.63, 3.8) is 0 Å². The fraction of sp³-hybridized carbons (Fsp3) is 0.429. The van der Waals surface area contributed by atoms with Crippen LogP contribution in [0.3, 0.4) is 0 Å². The summed E-state index contributed by atoms with van der Waals surface area (Å²) in [6.07, 6.45) is 2.50. The normalized spacial score (nSPS) is 14.5. The van der Waals surface area contributed by atoms with E-state index in [0.29, 0.717) is 23.4 Å². The highest BCUT2D eigenvalue weighted by Crippen LogP contribution is 2.26. The van der Waals surface area contributed by atoms with Crippen molar-refractivity contribution >= 4 is 11.6 Å². The first-order valence-electron chi connectivity index (χ1n) is 6.65. The summed E-state index contributed by atoms with van der Waals surface area (Å²) in [5.74, 6) is 0.810. The van der Waals surface area contributed by atoms with Crippen LogP contribution in [-0.2, 0) is 13.2 Å². The molecule has 1 aromatic heterocycles. The van der Waals surface area contributed by atoms with Crippen molar-refractivity contribution in [2.45, 2.75) is 39.0 Å². The molecule has 1 aliphatic rings. The van der Waals surface area contributed by atoms with Crippen LogP contribution in [-0.4, -0.2) is 16.4 Å². The van der Waals surface area contributed by atoms with Gasteiger partial charge in [-0.25, -0.2) is 4.63 Å². The standard InChI is InChI=1S/C14H16ClN3O2/c1-9-13(18-20-17-9)8-19-14-5-2-11(15)6-10(14)7-16-12-3-4-12/h2,5-6,12,16H,3-4,7-8H2,1H3. The molecule has 0 unspecified atom stereocenters. The molecule has 1 aromatic carbocycles. The van der Waals surface area contributed by atoms with Gasteiger partial charge in [0.1, 0.15) is 23.7 Å². The largest absolute Gasteiger partial charge is 0.487 e. The van der Waals surface area contributed by atoms with Crippen LogP contribution in [0.25, 0.3) is 0 Å². The Hall–Kier alpha value is -1.59. The number of rotatable bonds is 6. The summed E-state index contributed by atoms with van der Waals surface area (Å²) < 4.78 is 10.5. The first-order chi connectivity index (χ1) is 9.72. The lowest BCUT2D eigenvalue weighted by molar-refractivity contribution is 0.268. The molecule has 0 amide bonds. The Morgan fingerprint density at radius 3 is 2.95 bits per heavy atom. The Morgan fingerprint density at radius 2 is 2.25 bits per heavy atom. The van der Waals surface area contributed by atoms with E-state index in [-0.39, 0.29) is 0 Å². The molecule has 106 valence electrons. The molecule has 0 aliphatic heterocycles. The lowest BCUT2D eigenvalue weighted by Gasteiger charge is -2.11. The third-order valence-corrected chi connectivity index (χ3v) is 3.53. The van der Waals surface area contributed by atoms with Gasteiger partial charge >= 0.3 is 0 Å². The monoisotopic (exact) mass is 293 g/mol. The van der Waals surface area contributed by atoms with Gasteiger partial charge in [-0.15, -0.1) is 0 Å². The molecule has 0 spiro atoms. The zero-order chi connectivity index (χ0) is 13.9. The van der Waals surface area contributed by atoms with Crippen LogP contribution in [0.5, 0.6) is 5.75 Å². The van der Waals surface area contributed by atoms with Crippen molar-refractivity contribution in [1.29, 1.82) is 0 Å². The number of hydrogen-bond donors (Lipinski definition) is 1. The number of hydrogen-bond acceptors (Lipinski definition) is 5. The van der Waals surface area contributed by atoms with Crippen LogP contribution >= 0.6 is 11.6 Å². The quantitative estimate of drug-likeness (QED) is 0.887.